The molecule has 0 radical (unpaired) electrons. The number of rotatable bonds is 2. The standard InChI is InChI=1S/C15H25N3O/c1-15(2,3)12-5-4-9-18(10-8-12)14-7-6-13(11-19)16-17-14/h6-7,12,19H,4-5,8-11H2,1-3H3. The molecule has 2 rings (SSSR count). The topological polar surface area (TPSA) is 49.2 Å². The lowest BCUT2D eigenvalue weighted by atomic mass is 9.77. The van der Waals surface area contributed by atoms with E-state index in [9.17, 15) is 0 Å². The molecule has 0 saturated carbocycles. The van der Waals surface area contributed by atoms with Gasteiger partial charge in [0.2, 0.25) is 0 Å². The second-order valence-corrected chi connectivity index (χ2v) is 6.52. The van der Waals surface area contributed by atoms with Crippen LogP contribution in [0.4, 0.5) is 5.82 Å². The Balaban J connectivity index is 2.02. The number of aromatic nitrogens is 2. The van der Waals surface area contributed by atoms with Crippen molar-refractivity contribution in [3.05, 3.63) is 17.8 Å². The Hall–Kier alpha value is -1.16. The Kier molecular flexibility index (Phi) is 4.40. The summed E-state index contributed by atoms with van der Waals surface area (Å²) in [6.07, 6.45) is 3.72. The summed E-state index contributed by atoms with van der Waals surface area (Å²) in [5, 5.41) is 17.2. The summed E-state index contributed by atoms with van der Waals surface area (Å²) in [6.45, 7) is 9.07. The SMILES string of the molecule is CC(C)(C)C1CCCN(c2ccc(CO)nn2)CC1. The number of anilines is 1. The van der Waals surface area contributed by atoms with Crippen LogP contribution in [-0.2, 0) is 6.61 Å². The molecule has 1 aromatic rings. The third-order valence-corrected chi connectivity index (χ3v) is 4.14. The first-order chi connectivity index (χ1) is 9.00. The molecule has 106 valence electrons. The third kappa shape index (κ3) is 3.66. The van der Waals surface area contributed by atoms with Gasteiger partial charge in [-0.3, -0.25) is 0 Å². The highest BCUT2D eigenvalue weighted by Crippen LogP contribution is 2.34. The van der Waals surface area contributed by atoms with E-state index in [1.807, 2.05) is 12.1 Å². The molecule has 1 aliphatic heterocycles. The summed E-state index contributed by atoms with van der Waals surface area (Å²) in [7, 11) is 0. The van der Waals surface area contributed by atoms with E-state index in [1.165, 1.54) is 19.3 Å². The van der Waals surface area contributed by atoms with Crippen molar-refractivity contribution < 1.29 is 5.11 Å². The van der Waals surface area contributed by atoms with Crippen molar-refractivity contribution in [2.75, 3.05) is 18.0 Å². The van der Waals surface area contributed by atoms with Gasteiger partial charge in [0.05, 0.1) is 12.3 Å². The monoisotopic (exact) mass is 263 g/mol. The lowest BCUT2D eigenvalue weighted by molar-refractivity contribution is 0.220. The minimum absolute atomic E-state index is 0.0423. The van der Waals surface area contributed by atoms with E-state index < -0.39 is 0 Å². The zero-order chi connectivity index (χ0) is 13.9. The van der Waals surface area contributed by atoms with Crippen LogP contribution in [-0.4, -0.2) is 28.4 Å². The molecule has 0 amide bonds. The predicted octanol–water partition coefficient (Wildman–Crippen LogP) is 2.62. The molecule has 1 unspecified atom stereocenters. The van der Waals surface area contributed by atoms with Gasteiger partial charge in [0.1, 0.15) is 0 Å². The van der Waals surface area contributed by atoms with E-state index in [4.69, 9.17) is 5.11 Å². The van der Waals surface area contributed by atoms with E-state index >= 15 is 0 Å². The second kappa shape index (κ2) is 5.87. The van der Waals surface area contributed by atoms with Crippen LogP contribution >= 0.6 is 0 Å². The van der Waals surface area contributed by atoms with Gasteiger partial charge >= 0.3 is 0 Å². The van der Waals surface area contributed by atoms with Crippen LogP contribution in [0.15, 0.2) is 12.1 Å². The average molecular weight is 263 g/mol. The molecule has 1 aliphatic rings. The highest BCUT2D eigenvalue weighted by molar-refractivity contribution is 5.37. The summed E-state index contributed by atoms with van der Waals surface area (Å²) in [5.41, 5.74) is 1.02. The van der Waals surface area contributed by atoms with Crippen LogP contribution in [0.3, 0.4) is 0 Å². The quantitative estimate of drug-likeness (QED) is 0.891. The zero-order valence-corrected chi connectivity index (χ0v) is 12.3. The van der Waals surface area contributed by atoms with Gasteiger partial charge in [-0.25, -0.2) is 0 Å². The first-order valence-corrected chi connectivity index (χ1v) is 7.19. The number of hydrogen-bond acceptors (Lipinski definition) is 4. The lowest BCUT2D eigenvalue weighted by Gasteiger charge is -2.29. The Morgan fingerprint density at radius 2 is 2.00 bits per heavy atom. The van der Waals surface area contributed by atoms with Crippen molar-refractivity contribution in [2.24, 2.45) is 11.3 Å². The maximum atomic E-state index is 8.99. The molecule has 0 spiro atoms. The van der Waals surface area contributed by atoms with Crippen molar-refractivity contribution >= 4 is 5.82 Å². The molecule has 2 heterocycles. The van der Waals surface area contributed by atoms with Crippen molar-refractivity contribution in [1.29, 1.82) is 0 Å². The van der Waals surface area contributed by atoms with Crippen LogP contribution in [0.5, 0.6) is 0 Å². The van der Waals surface area contributed by atoms with Crippen molar-refractivity contribution in [3.8, 4) is 0 Å². The molecule has 4 nitrogen and oxygen atoms in total. The molecule has 1 aromatic heterocycles. The van der Waals surface area contributed by atoms with Crippen LogP contribution in [0.2, 0.25) is 0 Å². The summed E-state index contributed by atoms with van der Waals surface area (Å²) < 4.78 is 0. The van der Waals surface area contributed by atoms with Gasteiger partial charge in [0.25, 0.3) is 0 Å². The van der Waals surface area contributed by atoms with Gasteiger partial charge in [-0.15, -0.1) is 5.10 Å². The van der Waals surface area contributed by atoms with Crippen molar-refractivity contribution in [3.63, 3.8) is 0 Å². The fraction of sp³-hybridized carbons (Fsp3) is 0.733. The molecule has 0 aromatic carbocycles. The minimum Gasteiger partial charge on any atom is -0.390 e. The van der Waals surface area contributed by atoms with Gasteiger partial charge in [-0.1, -0.05) is 20.8 Å². The molecular formula is C15H25N3O. The Labute approximate surface area is 115 Å². The summed E-state index contributed by atoms with van der Waals surface area (Å²) >= 11 is 0. The van der Waals surface area contributed by atoms with Crippen LogP contribution in [0, 0.1) is 11.3 Å². The lowest BCUT2D eigenvalue weighted by Crippen LogP contribution is -2.27. The number of hydrogen-bond donors (Lipinski definition) is 1. The van der Waals surface area contributed by atoms with E-state index in [0.29, 0.717) is 11.1 Å². The minimum atomic E-state index is -0.0423. The second-order valence-electron chi connectivity index (χ2n) is 6.52. The molecular weight excluding hydrogens is 238 g/mol. The van der Waals surface area contributed by atoms with Crippen LogP contribution < -0.4 is 4.90 Å². The molecule has 1 atom stereocenters. The van der Waals surface area contributed by atoms with E-state index in [1.54, 1.807) is 0 Å². The molecule has 4 heteroatoms. The fourth-order valence-electron chi connectivity index (χ4n) is 2.80. The highest BCUT2D eigenvalue weighted by Gasteiger charge is 2.27. The summed E-state index contributed by atoms with van der Waals surface area (Å²) in [5.74, 6) is 1.72. The Bertz CT molecular complexity index is 397. The van der Waals surface area contributed by atoms with Gasteiger partial charge in [-0.05, 0) is 42.7 Å². The van der Waals surface area contributed by atoms with Gasteiger partial charge in [-0.2, -0.15) is 5.10 Å². The number of nitrogens with zero attached hydrogens (tertiary/aromatic N) is 3. The maximum absolute atomic E-state index is 8.99. The molecule has 19 heavy (non-hydrogen) atoms. The van der Waals surface area contributed by atoms with Crippen LogP contribution in [0.1, 0.15) is 45.7 Å². The first kappa shape index (κ1) is 14.3. The number of aliphatic hydroxyl groups excluding tert-OH is 1. The van der Waals surface area contributed by atoms with Crippen molar-refractivity contribution in [2.45, 2.75) is 46.6 Å². The molecule has 1 N–H and O–H groups in total. The van der Waals surface area contributed by atoms with Gasteiger partial charge in [0, 0.05) is 13.1 Å². The maximum Gasteiger partial charge on any atom is 0.151 e. The Morgan fingerprint density at radius 1 is 1.21 bits per heavy atom. The average Bonchev–Trinajstić information content (AvgIpc) is 2.64. The molecule has 1 saturated heterocycles. The predicted molar refractivity (Wildman–Crippen MR) is 77.0 cm³/mol. The van der Waals surface area contributed by atoms with E-state index in [2.05, 4.69) is 35.9 Å². The molecule has 0 bridgehead atoms. The fourth-order valence-corrected chi connectivity index (χ4v) is 2.80. The van der Waals surface area contributed by atoms with E-state index in [-0.39, 0.29) is 6.61 Å². The normalized spacial score (nSPS) is 21.3. The summed E-state index contributed by atoms with van der Waals surface area (Å²) in [6, 6.07) is 3.82. The zero-order valence-electron chi connectivity index (χ0n) is 12.3. The third-order valence-electron chi connectivity index (χ3n) is 4.14. The van der Waals surface area contributed by atoms with Gasteiger partial charge in [0.15, 0.2) is 5.82 Å². The van der Waals surface area contributed by atoms with E-state index in [0.717, 1.165) is 24.8 Å². The number of aliphatic hydroxyl groups is 1. The van der Waals surface area contributed by atoms with Crippen molar-refractivity contribution in [1.82, 2.24) is 10.2 Å². The molecule has 0 aliphatic carbocycles. The first-order valence-electron chi connectivity index (χ1n) is 7.19. The van der Waals surface area contributed by atoms with Crippen LogP contribution in [0.25, 0.3) is 0 Å². The van der Waals surface area contributed by atoms with Gasteiger partial charge < -0.3 is 10.0 Å². The molecule has 1 fully saturated rings. The Morgan fingerprint density at radius 3 is 2.58 bits per heavy atom. The summed E-state index contributed by atoms with van der Waals surface area (Å²) in [4.78, 5) is 2.32. The highest BCUT2D eigenvalue weighted by atomic mass is 16.3. The smallest absolute Gasteiger partial charge is 0.151 e. The largest absolute Gasteiger partial charge is 0.390 e.